The largest absolute Gasteiger partial charge is 0.491 e. The van der Waals surface area contributed by atoms with Crippen molar-refractivity contribution >= 4 is 51.2 Å². The van der Waals surface area contributed by atoms with Crippen LogP contribution in [0.3, 0.4) is 0 Å². The Balaban J connectivity index is 0.935. The summed E-state index contributed by atoms with van der Waals surface area (Å²) in [4.78, 5) is 53.7. The lowest BCUT2D eigenvalue weighted by molar-refractivity contribution is -0.169. The SMILES string of the molecule is CCCC1(C(=O)Nc2ccc3cc(OCCOCCOCCOCCn4cnc5c(N)ncnc54)ccc3c2)C[C@@]2(CCC)C[C@@](CCC)(C1)C(=O)NC2=O. The van der Waals surface area contributed by atoms with E-state index in [1.54, 1.807) is 6.33 Å². The highest BCUT2D eigenvalue weighted by molar-refractivity contribution is 6.06. The zero-order valence-electron chi connectivity index (χ0n) is 32.4. The second kappa shape index (κ2) is 17.9. The first-order valence-electron chi connectivity index (χ1n) is 19.6. The molecule has 2 fully saturated rings. The number of imidazole rings is 1. The maximum absolute atomic E-state index is 14.4. The van der Waals surface area contributed by atoms with Crippen molar-refractivity contribution in [3.05, 3.63) is 49.1 Å². The lowest BCUT2D eigenvalue weighted by Crippen LogP contribution is -2.65. The molecule has 1 unspecified atom stereocenters. The van der Waals surface area contributed by atoms with Crippen LogP contribution in [0.4, 0.5) is 11.5 Å². The molecule has 4 N–H and O–H groups in total. The maximum Gasteiger partial charge on any atom is 0.232 e. The van der Waals surface area contributed by atoms with Crippen molar-refractivity contribution in [3.8, 4) is 5.75 Å². The van der Waals surface area contributed by atoms with Gasteiger partial charge in [-0.05, 0) is 73.6 Å². The molecule has 0 radical (unpaired) electrons. The molecule has 14 nitrogen and oxygen atoms in total. The minimum Gasteiger partial charge on any atom is -0.491 e. The number of rotatable bonds is 21. The third-order valence-electron chi connectivity index (χ3n) is 11.1. The van der Waals surface area contributed by atoms with E-state index in [0.717, 1.165) is 35.8 Å². The highest BCUT2D eigenvalue weighted by Crippen LogP contribution is 2.61. The molecular formula is C41H55N7O7. The molecule has 2 aromatic carbocycles. The molecule has 6 rings (SSSR count). The first kappa shape index (κ1) is 40.0. The Morgan fingerprint density at radius 3 is 2.07 bits per heavy atom. The molecule has 2 aromatic heterocycles. The normalized spacial score (nSPS) is 22.2. The summed E-state index contributed by atoms with van der Waals surface area (Å²) in [6.45, 7) is 9.91. The van der Waals surface area contributed by atoms with Crippen LogP contribution in [-0.2, 0) is 35.1 Å². The number of amides is 3. The Morgan fingerprint density at radius 1 is 0.782 bits per heavy atom. The summed E-state index contributed by atoms with van der Waals surface area (Å²) in [6.07, 6.45) is 8.90. The highest BCUT2D eigenvalue weighted by Gasteiger charge is 2.64. The number of carbonyl (C=O) groups excluding carboxylic acids is 3. The first-order valence-corrected chi connectivity index (χ1v) is 19.6. The minimum atomic E-state index is -0.814. The van der Waals surface area contributed by atoms with Crippen LogP contribution < -0.4 is 21.1 Å². The fourth-order valence-electron chi connectivity index (χ4n) is 8.93. The van der Waals surface area contributed by atoms with Crippen molar-refractivity contribution < 1.29 is 33.3 Å². The number of ether oxygens (including phenoxy) is 4. The van der Waals surface area contributed by atoms with E-state index >= 15 is 0 Å². The number of carbonyl (C=O) groups is 3. The van der Waals surface area contributed by atoms with Gasteiger partial charge < -0.3 is 34.6 Å². The average Bonchev–Trinajstić information content (AvgIpc) is 3.59. The lowest BCUT2D eigenvalue weighted by atomic mass is 9.47. The molecule has 296 valence electrons. The molecular weight excluding hydrogens is 702 g/mol. The molecule has 4 aromatic rings. The van der Waals surface area contributed by atoms with Gasteiger partial charge in [0.2, 0.25) is 17.7 Å². The maximum atomic E-state index is 14.4. The number of nitrogens with two attached hydrogens (primary N) is 1. The van der Waals surface area contributed by atoms with Crippen molar-refractivity contribution in [1.29, 1.82) is 0 Å². The Bertz CT molecular complexity index is 1940. The molecule has 2 aliphatic rings. The number of nitrogens with one attached hydrogen (secondary N) is 2. The number of hydrogen-bond acceptors (Lipinski definition) is 11. The number of nitrogens with zero attached hydrogens (tertiary/aromatic N) is 4. The molecule has 55 heavy (non-hydrogen) atoms. The van der Waals surface area contributed by atoms with Gasteiger partial charge in [-0.2, -0.15) is 0 Å². The number of imide groups is 1. The monoisotopic (exact) mass is 757 g/mol. The topological polar surface area (TPSA) is 182 Å². The van der Waals surface area contributed by atoms with E-state index in [1.165, 1.54) is 6.33 Å². The molecule has 14 heteroatoms. The van der Waals surface area contributed by atoms with Gasteiger partial charge in [0.1, 0.15) is 24.2 Å². The van der Waals surface area contributed by atoms with E-state index in [1.807, 2.05) is 41.0 Å². The smallest absolute Gasteiger partial charge is 0.232 e. The Morgan fingerprint density at radius 2 is 1.40 bits per heavy atom. The summed E-state index contributed by atoms with van der Waals surface area (Å²) >= 11 is 0. The van der Waals surface area contributed by atoms with Crippen LogP contribution in [0.15, 0.2) is 49.1 Å². The van der Waals surface area contributed by atoms with Gasteiger partial charge in [-0.25, -0.2) is 15.0 Å². The molecule has 3 atom stereocenters. The van der Waals surface area contributed by atoms with Crippen LogP contribution in [0, 0.1) is 16.2 Å². The number of fused-ring (bicyclic) bond motifs is 4. The van der Waals surface area contributed by atoms with Gasteiger partial charge in [-0.1, -0.05) is 52.2 Å². The van der Waals surface area contributed by atoms with Crippen molar-refractivity contribution in [2.75, 3.05) is 57.3 Å². The standard InChI is InChI=1S/C41H55N7O7/c1-4-11-39(24-40(12-5-2)26-41(25-39,13-6-3)38(51)47-37(40)50)36(49)46-31-9-7-30-23-32(10-8-29(30)22-31)55-21-20-54-19-18-53-17-16-52-15-14-48-28-45-33-34(42)43-27-44-35(33)48/h7-10,22-23,27-28H,4-6,11-21,24-26H2,1-3H3,(H,46,49)(H2,42,43,44)(H,47,50,51)/t39?,40-,41+. The summed E-state index contributed by atoms with van der Waals surface area (Å²) in [5.74, 6) is 0.559. The van der Waals surface area contributed by atoms with E-state index in [-0.39, 0.29) is 17.7 Å². The number of hydrogen-bond donors (Lipinski definition) is 3. The van der Waals surface area contributed by atoms with Crippen LogP contribution in [0.5, 0.6) is 5.75 Å². The predicted octanol–water partition coefficient (Wildman–Crippen LogP) is 5.83. The Labute approximate surface area is 322 Å². The summed E-state index contributed by atoms with van der Waals surface area (Å²) in [5, 5.41) is 7.87. The number of piperidine rings is 1. The van der Waals surface area contributed by atoms with Gasteiger partial charge in [0.15, 0.2) is 11.5 Å². The van der Waals surface area contributed by atoms with Gasteiger partial charge in [0.05, 0.1) is 62.2 Å². The van der Waals surface area contributed by atoms with E-state index in [9.17, 15) is 14.4 Å². The number of aromatic nitrogens is 4. The summed E-state index contributed by atoms with van der Waals surface area (Å²) < 4.78 is 24.8. The van der Waals surface area contributed by atoms with Crippen LogP contribution in [0.2, 0.25) is 0 Å². The summed E-state index contributed by atoms with van der Waals surface area (Å²) in [7, 11) is 0. The first-order chi connectivity index (χ1) is 26.7. The summed E-state index contributed by atoms with van der Waals surface area (Å²) in [5.41, 5.74) is 5.54. The number of nitrogen functional groups attached to an aromatic ring is 1. The predicted molar refractivity (Wildman–Crippen MR) is 209 cm³/mol. The van der Waals surface area contributed by atoms with E-state index < -0.39 is 16.2 Å². The molecule has 1 saturated heterocycles. The van der Waals surface area contributed by atoms with E-state index in [4.69, 9.17) is 24.7 Å². The molecule has 1 saturated carbocycles. The van der Waals surface area contributed by atoms with Gasteiger partial charge in [-0.3, -0.25) is 19.7 Å². The third kappa shape index (κ3) is 8.92. The van der Waals surface area contributed by atoms with E-state index in [2.05, 4.69) is 46.4 Å². The molecule has 3 amide bonds. The molecule has 0 spiro atoms. The Kier molecular flexibility index (Phi) is 13.0. The lowest BCUT2D eigenvalue weighted by Gasteiger charge is -2.57. The quantitative estimate of drug-likeness (QED) is 0.0687. The average molecular weight is 758 g/mol. The van der Waals surface area contributed by atoms with Crippen LogP contribution >= 0.6 is 0 Å². The zero-order chi connectivity index (χ0) is 38.9. The third-order valence-corrected chi connectivity index (χ3v) is 11.1. The number of anilines is 2. The second-order valence-corrected chi connectivity index (χ2v) is 15.1. The molecule has 1 aliphatic carbocycles. The zero-order valence-corrected chi connectivity index (χ0v) is 32.4. The fourth-order valence-corrected chi connectivity index (χ4v) is 8.93. The van der Waals surface area contributed by atoms with Crippen molar-refractivity contribution in [3.63, 3.8) is 0 Å². The van der Waals surface area contributed by atoms with Crippen LogP contribution in [-0.4, -0.2) is 83.5 Å². The van der Waals surface area contributed by atoms with Crippen LogP contribution in [0.1, 0.15) is 78.6 Å². The van der Waals surface area contributed by atoms with Gasteiger partial charge in [0.25, 0.3) is 0 Å². The van der Waals surface area contributed by atoms with Crippen molar-refractivity contribution in [1.82, 2.24) is 24.8 Å². The Hall–Kier alpha value is -4.66. The van der Waals surface area contributed by atoms with E-state index in [0.29, 0.717) is 114 Å². The summed E-state index contributed by atoms with van der Waals surface area (Å²) in [6, 6.07) is 11.7. The van der Waals surface area contributed by atoms with Gasteiger partial charge >= 0.3 is 0 Å². The second-order valence-electron chi connectivity index (χ2n) is 15.1. The van der Waals surface area contributed by atoms with Crippen molar-refractivity contribution in [2.45, 2.75) is 85.1 Å². The molecule has 2 bridgehead atoms. The minimum absolute atomic E-state index is 0.103. The molecule has 3 heterocycles. The van der Waals surface area contributed by atoms with Crippen LogP contribution in [0.25, 0.3) is 21.9 Å². The number of benzene rings is 2. The van der Waals surface area contributed by atoms with Gasteiger partial charge in [0, 0.05) is 12.2 Å². The van der Waals surface area contributed by atoms with Crippen molar-refractivity contribution in [2.24, 2.45) is 16.2 Å². The fraction of sp³-hybridized carbons (Fsp3) is 0.561. The molecule has 1 aliphatic heterocycles. The van der Waals surface area contributed by atoms with Gasteiger partial charge in [-0.15, -0.1) is 0 Å². The highest BCUT2D eigenvalue weighted by atomic mass is 16.6.